The molecule has 0 N–H and O–H groups in total. The van der Waals surface area contributed by atoms with Crippen molar-refractivity contribution in [1.82, 2.24) is 29.5 Å². The van der Waals surface area contributed by atoms with Crippen LogP contribution in [0.25, 0.3) is 22.0 Å². The number of aromatic nitrogens is 4. The first kappa shape index (κ1) is 22.6. The van der Waals surface area contributed by atoms with E-state index in [4.69, 9.17) is 0 Å². The predicted octanol–water partition coefficient (Wildman–Crippen LogP) is 3.47. The number of ketones is 1. The van der Waals surface area contributed by atoms with Crippen molar-refractivity contribution in [2.45, 2.75) is 46.1 Å². The largest absolute Gasteiger partial charge is 0.298 e. The molecule has 170 valence electrons. The average Bonchev–Trinajstić information content (AvgIpc) is 3.17. The van der Waals surface area contributed by atoms with Crippen molar-refractivity contribution in [2.75, 3.05) is 32.7 Å². The zero-order valence-corrected chi connectivity index (χ0v) is 19.5. The van der Waals surface area contributed by atoms with Crippen molar-refractivity contribution in [3.8, 4) is 11.1 Å². The Morgan fingerprint density at radius 3 is 2.56 bits per heavy atom. The Morgan fingerprint density at radius 2 is 1.81 bits per heavy atom. The number of hydrogen-bond acceptors (Lipinski definition) is 6. The lowest BCUT2D eigenvalue weighted by molar-refractivity contribution is -0.119. The van der Waals surface area contributed by atoms with Crippen molar-refractivity contribution in [3.63, 3.8) is 0 Å². The van der Waals surface area contributed by atoms with Gasteiger partial charge in [0.05, 0.1) is 36.6 Å². The van der Waals surface area contributed by atoms with Gasteiger partial charge in [0.2, 0.25) is 0 Å². The maximum Gasteiger partial charge on any atom is 0.152 e. The molecule has 0 unspecified atom stereocenters. The number of aryl methyl sites for hydroxylation is 1. The van der Waals surface area contributed by atoms with Crippen LogP contribution in [-0.4, -0.2) is 68.1 Å². The summed E-state index contributed by atoms with van der Waals surface area (Å²) >= 11 is 0. The third kappa shape index (κ3) is 5.22. The number of carbonyl (C=O) groups is 1. The minimum atomic E-state index is 0.195. The number of fused-ring (bicyclic) bond motifs is 1. The lowest BCUT2D eigenvalue weighted by atomic mass is 10.0. The highest BCUT2D eigenvalue weighted by atomic mass is 16.1. The fourth-order valence-electron chi connectivity index (χ4n) is 4.50. The van der Waals surface area contributed by atoms with E-state index in [0.29, 0.717) is 13.0 Å². The molecule has 32 heavy (non-hydrogen) atoms. The molecule has 1 fully saturated rings. The van der Waals surface area contributed by atoms with Gasteiger partial charge in [0, 0.05) is 42.0 Å². The summed E-state index contributed by atoms with van der Waals surface area (Å²) in [5, 5.41) is 5.55. The molecule has 1 aliphatic rings. The van der Waals surface area contributed by atoms with E-state index in [1.54, 1.807) is 6.20 Å². The summed E-state index contributed by atoms with van der Waals surface area (Å²) in [6, 6.07) is 4.16. The van der Waals surface area contributed by atoms with Gasteiger partial charge in [0.25, 0.3) is 0 Å². The number of carbonyl (C=O) groups excluding carboxylic acids is 1. The summed E-state index contributed by atoms with van der Waals surface area (Å²) in [6.45, 7) is 9.60. The molecule has 1 saturated heterocycles. The van der Waals surface area contributed by atoms with Crippen molar-refractivity contribution in [1.29, 1.82) is 0 Å². The lowest BCUT2D eigenvalue weighted by Gasteiger charge is -2.26. The van der Waals surface area contributed by atoms with Crippen molar-refractivity contribution in [3.05, 3.63) is 42.1 Å². The van der Waals surface area contributed by atoms with Gasteiger partial charge in [-0.2, -0.15) is 5.10 Å². The fourth-order valence-corrected chi connectivity index (χ4v) is 4.50. The Bertz CT molecular complexity index is 1070. The molecule has 7 nitrogen and oxygen atoms in total. The van der Waals surface area contributed by atoms with Gasteiger partial charge in [0.1, 0.15) is 0 Å². The predicted molar refractivity (Wildman–Crippen MR) is 127 cm³/mol. The standard InChI is InChI=1S/C25H34N6O/c1-4-30(5-2)17-22(32)13-21-12-19-11-20(14-27-24(19)16-26-21)23-15-28-29(3)25(23)18-31-9-7-6-8-10-31/h11-12,14-16H,4-10,13,17-18H2,1-3H3. The van der Waals surface area contributed by atoms with E-state index in [2.05, 4.69) is 44.8 Å². The van der Waals surface area contributed by atoms with Crippen LogP contribution >= 0.6 is 0 Å². The highest BCUT2D eigenvalue weighted by molar-refractivity contribution is 5.86. The maximum absolute atomic E-state index is 12.5. The van der Waals surface area contributed by atoms with Crippen LogP contribution in [-0.2, 0) is 24.8 Å². The van der Waals surface area contributed by atoms with Gasteiger partial charge in [-0.25, -0.2) is 0 Å². The molecule has 0 bridgehead atoms. The molecule has 3 aromatic heterocycles. The first-order valence-electron chi connectivity index (χ1n) is 11.8. The van der Waals surface area contributed by atoms with Crippen molar-refractivity contribution in [2.24, 2.45) is 7.05 Å². The highest BCUT2D eigenvalue weighted by Gasteiger charge is 2.17. The molecule has 0 amide bonds. The highest BCUT2D eigenvalue weighted by Crippen LogP contribution is 2.27. The number of piperidine rings is 1. The van der Waals surface area contributed by atoms with Crippen LogP contribution in [0.5, 0.6) is 0 Å². The molecule has 4 heterocycles. The van der Waals surface area contributed by atoms with Gasteiger partial charge in [-0.05, 0) is 51.2 Å². The van der Waals surface area contributed by atoms with E-state index in [1.807, 2.05) is 30.2 Å². The first-order valence-corrected chi connectivity index (χ1v) is 11.8. The zero-order chi connectivity index (χ0) is 22.5. The first-order chi connectivity index (χ1) is 15.6. The fraction of sp³-hybridized carbons (Fsp3) is 0.520. The molecule has 1 aliphatic heterocycles. The van der Waals surface area contributed by atoms with Crippen LogP contribution in [0.4, 0.5) is 0 Å². The Balaban J connectivity index is 1.56. The number of nitrogens with zero attached hydrogens (tertiary/aromatic N) is 6. The van der Waals surface area contributed by atoms with Crippen LogP contribution in [0, 0.1) is 0 Å². The third-order valence-electron chi connectivity index (χ3n) is 6.49. The van der Waals surface area contributed by atoms with E-state index >= 15 is 0 Å². The number of Topliss-reactive ketones (excluding diaryl/α,β-unsaturated/α-hetero) is 1. The van der Waals surface area contributed by atoms with Gasteiger partial charge in [-0.15, -0.1) is 0 Å². The molecule has 3 aromatic rings. The molecule has 4 rings (SSSR count). The molecular formula is C25H34N6O. The molecule has 0 radical (unpaired) electrons. The molecule has 7 heteroatoms. The van der Waals surface area contributed by atoms with Crippen LogP contribution < -0.4 is 0 Å². The van der Waals surface area contributed by atoms with Gasteiger partial charge in [-0.3, -0.25) is 29.2 Å². The minimum absolute atomic E-state index is 0.195. The van der Waals surface area contributed by atoms with Crippen LogP contribution in [0.15, 0.2) is 30.7 Å². The van der Waals surface area contributed by atoms with E-state index in [9.17, 15) is 4.79 Å². The van der Waals surface area contributed by atoms with E-state index < -0.39 is 0 Å². The van der Waals surface area contributed by atoms with Crippen LogP contribution in [0.2, 0.25) is 0 Å². The molecule has 0 aliphatic carbocycles. The summed E-state index contributed by atoms with van der Waals surface area (Å²) in [7, 11) is 2.01. The van der Waals surface area contributed by atoms with Crippen molar-refractivity contribution >= 4 is 16.7 Å². The minimum Gasteiger partial charge on any atom is -0.298 e. The zero-order valence-electron chi connectivity index (χ0n) is 19.5. The number of likely N-dealkylation sites (tertiary alicyclic amines) is 1. The number of likely N-dealkylation sites (N-methyl/N-ethyl adjacent to an activating group) is 1. The smallest absolute Gasteiger partial charge is 0.152 e. The second kappa shape index (κ2) is 10.3. The Labute approximate surface area is 190 Å². The van der Waals surface area contributed by atoms with Crippen molar-refractivity contribution < 1.29 is 4.79 Å². The average molecular weight is 435 g/mol. The number of pyridine rings is 2. The van der Waals surface area contributed by atoms with Crippen LogP contribution in [0.3, 0.4) is 0 Å². The van der Waals surface area contributed by atoms with Gasteiger partial charge < -0.3 is 0 Å². The molecule has 0 spiro atoms. The number of rotatable bonds is 9. The SMILES string of the molecule is CCN(CC)CC(=O)Cc1cc2cc(-c3cnn(C)c3CN3CCCCC3)cnc2cn1. The Hall–Kier alpha value is -2.64. The molecule has 0 atom stereocenters. The summed E-state index contributed by atoms with van der Waals surface area (Å²) < 4.78 is 1.98. The van der Waals surface area contributed by atoms with Gasteiger partial charge >= 0.3 is 0 Å². The van der Waals surface area contributed by atoms with Crippen LogP contribution in [0.1, 0.15) is 44.5 Å². The quantitative estimate of drug-likeness (QED) is 0.514. The monoisotopic (exact) mass is 434 g/mol. The molecule has 0 saturated carbocycles. The summed E-state index contributed by atoms with van der Waals surface area (Å²) in [5.41, 5.74) is 5.05. The van der Waals surface area contributed by atoms with Gasteiger partial charge in [0.15, 0.2) is 5.78 Å². The lowest BCUT2D eigenvalue weighted by Crippen LogP contribution is -2.30. The summed E-state index contributed by atoms with van der Waals surface area (Å²) in [6.07, 6.45) is 9.85. The topological polar surface area (TPSA) is 67.2 Å². The summed E-state index contributed by atoms with van der Waals surface area (Å²) in [5.74, 6) is 0.195. The maximum atomic E-state index is 12.5. The Morgan fingerprint density at radius 1 is 1.03 bits per heavy atom. The second-order valence-corrected chi connectivity index (χ2v) is 8.73. The molecular weight excluding hydrogens is 400 g/mol. The summed E-state index contributed by atoms with van der Waals surface area (Å²) in [4.78, 5) is 26.3. The van der Waals surface area contributed by atoms with E-state index in [1.165, 1.54) is 25.0 Å². The second-order valence-electron chi connectivity index (χ2n) is 8.73. The van der Waals surface area contributed by atoms with E-state index in [-0.39, 0.29) is 5.78 Å². The third-order valence-corrected chi connectivity index (χ3v) is 6.49. The van der Waals surface area contributed by atoms with E-state index in [0.717, 1.165) is 60.4 Å². The normalized spacial score (nSPS) is 15.0. The molecule has 0 aromatic carbocycles. The Kier molecular flexibility index (Phi) is 7.27. The number of hydrogen-bond donors (Lipinski definition) is 0. The van der Waals surface area contributed by atoms with Gasteiger partial charge in [-0.1, -0.05) is 20.3 Å².